The summed E-state index contributed by atoms with van der Waals surface area (Å²) in [5.74, 6) is 0.175. The molecule has 0 radical (unpaired) electrons. The topological polar surface area (TPSA) is 60.8 Å². The van der Waals surface area contributed by atoms with Gasteiger partial charge < -0.3 is 15.1 Å². The summed E-state index contributed by atoms with van der Waals surface area (Å²) in [7, 11) is 1.64. The molecule has 2 N–H and O–H groups in total. The first-order valence-electron chi connectivity index (χ1n) is 4.85. The van der Waals surface area contributed by atoms with E-state index in [2.05, 4.69) is 0 Å². The largest absolute Gasteiger partial charge is 0.508 e. The molecule has 0 saturated carbocycles. The smallest absolute Gasteiger partial charge is 0.223 e. The average Bonchev–Trinajstić information content (AvgIpc) is 2.22. The Morgan fingerprint density at radius 1 is 1.44 bits per heavy atom. The molecule has 16 heavy (non-hydrogen) atoms. The van der Waals surface area contributed by atoms with Gasteiger partial charge >= 0.3 is 0 Å². The molecule has 0 bridgehead atoms. The van der Waals surface area contributed by atoms with Crippen LogP contribution in [0.25, 0.3) is 0 Å². The number of nitrogens with zero attached hydrogens (tertiary/aromatic N) is 1. The predicted molar refractivity (Wildman–Crippen MR) is 61.6 cm³/mol. The van der Waals surface area contributed by atoms with Gasteiger partial charge in [-0.05, 0) is 12.1 Å². The molecule has 0 spiro atoms. The summed E-state index contributed by atoms with van der Waals surface area (Å²) in [6.07, 6.45) is 0.275. The van der Waals surface area contributed by atoms with Crippen LogP contribution in [0.4, 0.5) is 0 Å². The second kappa shape index (κ2) is 5.61. The molecule has 0 unspecified atom stereocenters. The maximum atomic E-state index is 11.4. The molecule has 1 rings (SSSR count). The van der Waals surface area contributed by atoms with E-state index in [1.54, 1.807) is 13.1 Å². The lowest BCUT2D eigenvalue weighted by Gasteiger charge is -2.17. The van der Waals surface area contributed by atoms with Crippen LogP contribution in [0.1, 0.15) is 12.0 Å². The summed E-state index contributed by atoms with van der Waals surface area (Å²) in [6.45, 7) is 0.293. The van der Waals surface area contributed by atoms with Crippen LogP contribution in [0, 0.1) is 0 Å². The third-order valence-corrected chi connectivity index (χ3v) is 2.40. The molecule has 0 aliphatic rings. The Morgan fingerprint density at radius 2 is 2.12 bits per heavy atom. The number of rotatable bonds is 4. The molecule has 1 aromatic rings. The fourth-order valence-electron chi connectivity index (χ4n) is 1.30. The average molecular weight is 244 g/mol. The van der Waals surface area contributed by atoms with Crippen LogP contribution in [0.5, 0.6) is 11.5 Å². The number of hydrogen-bond acceptors (Lipinski definition) is 3. The van der Waals surface area contributed by atoms with Crippen molar-refractivity contribution < 1.29 is 15.0 Å². The molecule has 0 aromatic heterocycles. The summed E-state index contributed by atoms with van der Waals surface area (Å²) < 4.78 is 0. The van der Waals surface area contributed by atoms with Gasteiger partial charge in [0.2, 0.25) is 5.91 Å². The lowest BCUT2D eigenvalue weighted by atomic mass is 10.2. The quantitative estimate of drug-likeness (QED) is 0.791. The van der Waals surface area contributed by atoms with Crippen molar-refractivity contribution in [2.45, 2.75) is 13.0 Å². The van der Waals surface area contributed by atoms with E-state index in [1.165, 1.54) is 17.0 Å². The van der Waals surface area contributed by atoms with Gasteiger partial charge in [-0.15, -0.1) is 11.6 Å². The molecule has 0 saturated heterocycles. The summed E-state index contributed by atoms with van der Waals surface area (Å²) in [5, 5.41) is 18.6. The Morgan fingerprint density at radius 3 is 2.69 bits per heavy atom. The van der Waals surface area contributed by atoms with Crippen LogP contribution in [0.2, 0.25) is 0 Å². The SMILES string of the molecule is CN(Cc1ccc(O)cc1O)C(=O)CCCl. The molecule has 1 aromatic carbocycles. The molecule has 0 aliphatic carbocycles. The minimum atomic E-state index is -0.0810. The van der Waals surface area contributed by atoms with E-state index in [4.69, 9.17) is 16.7 Å². The molecule has 5 heteroatoms. The first-order chi connectivity index (χ1) is 7.54. The first kappa shape index (κ1) is 12.6. The highest BCUT2D eigenvalue weighted by Crippen LogP contribution is 2.23. The minimum Gasteiger partial charge on any atom is -0.508 e. The van der Waals surface area contributed by atoms with Crippen molar-refractivity contribution in [2.24, 2.45) is 0 Å². The number of benzene rings is 1. The molecule has 0 fully saturated rings. The Hall–Kier alpha value is -1.42. The zero-order valence-electron chi connectivity index (χ0n) is 8.98. The number of hydrogen-bond donors (Lipinski definition) is 2. The number of alkyl halides is 1. The van der Waals surface area contributed by atoms with Crippen molar-refractivity contribution in [1.82, 2.24) is 4.90 Å². The molecule has 1 amide bonds. The van der Waals surface area contributed by atoms with Gasteiger partial charge in [-0.2, -0.15) is 0 Å². The van der Waals surface area contributed by atoms with E-state index >= 15 is 0 Å². The third-order valence-electron chi connectivity index (χ3n) is 2.21. The van der Waals surface area contributed by atoms with E-state index in [9.17, 15) is 9.90 Å². The summed E-state index contributed by atoms with van der Waals surface area (Å²) in [5.41, 5.74) is 0.586. The van der Waals surface area contributed by atoms with Crippen LogP contribution >= 0.6 is 11.6 Å². The van der Waals surface area contributed by atoms with Crippen molar-refractivity contribution >= 4 is 17.5 Å². The number of phenols is 2. The zero-order valence-corrected chi connectivity index (χ0v) is 9.74. The maximum Gasteiger partial charge on any atom is 0.223 e. The summed E-state index contributed by atoms with van der Waals surface area (Å²) >= 11 is 5.47. The van der Waals surface area contributed by atoms with Crippen LogP contribution < -0.4 is 0 Å². The number of carbonyl (C=O) groups excluding carboxylic acids is 1. The number of aromatic hydroxyl groups is 2. The van der Waals surface area contributed by atoms with E-state index in [-0.39, 0.29) is 29.7 Å². The van der Waals surface area contributed by atoms with Gasteiger partial charge in [0.05, 0.1) is 0 Å². The molecular weight excluding hydrogens is 230 g/mol. The molecule has 0 aliphatic heterocycles. The first-order valence-corrected chi connectivity index (χ1v) is 5.39. The second-order valence-electron chi connectivity index (χ2n) is 3.50. The molecular formula is C11H14ClNO3. The summed E-state index contributed by atoms with van der Waals surface area (Å²) in [6, 6.07) is 4.29. The predicted octanol–water partition coefficient (Wildman–Crippen LogP) is 1.69. The monoisotopic (exact) mass is 243 g/mol. The Labute approximate surface area is 99.1 Å². The van der Waals surface area contributed by atoms with Crippen LogP contribution in [0.3, 0.4) is 0 Å². The van der Waals surface area contributed by atoms with Crippen molar-refractivity contribution in [3.05, 3.63) is 23.8 Å². The highest BCUT2D eigenvalue weighted by molar-refractivity contribution is 6.18. The lowest BCUT2D eigenvalue weighted by Crippen LogP contribution is -2.26. The number of amides is 1. The van der Waals surface area contributed by atoms with Crippen molar-refractivity contribution in [3.63, 3.8) is 0 Å². The van der Waals surface area contributed by atoms with Crippen molar-refractivity contribution in [2.75, 3.05) is 12.9 Å². The van der Waals surface area contributed by atoms with Gasteiger partial charge in [-0.25, -0.2) is 0 Å². The highest BCUT2D eigenvalue weighted by Gasteiger charge is 2.10. The van der Waals surface area contributed by atoms with Crippen molar-refractivity contribution in [1.29, 1.82) is 0 Å². The fraction of sp³-hybridized carbons (Fsp3) is 0.364. The number of phenolic OH excluding ortho intramolecular Hbond substituents is 2. The Kier molecular flexibility index (Phi) is 4.43. The van der Waals surface area contributed by atoms with Crippen molar-refractivity contribution in [3.8, 4) is 11.5 Å². The van der Waals surface area contributed by atoms with Crippen LogP contribution in [0.15, 0.2) is 18.2 Å². The Bertz CT molecular complexity index is 381. The van der Waals surface area contributed by atoms with Crippen LogP contribution in [-0.2, 0) is 11.3 Å². The number of carbonyl (C=O) groups is 1. The van der Waals surface area contributed by atoms with E-state index in [0.29, 0.717) is 12.1 Å². The van der Waals surface area contributed by atoms with Gasteiger partial charge in [0, 0.05) is 37.5 Å². The number of halogens is 1. The third kappa shape index (κ3) is 3.31. The lowest BCUT2D eigenvalue weighted by molar-refractivity contribution is -0.129. The van der Waals surface area contributed by atoms with Gasteiger partial charge in [-0.1, -0.05) is 0 Å². The second-order valence-corrected chi connectivity index (χ2v) is 3.88. The van der Waals surface area contributed by atoms with E-state index in [1.807, 2.05) is 0 Å². The van der Waals surface area contributed by atoms with E-state index < -0.39 is 0 Å². The van der Waals surface area contributed by atoms with Crippen LogP contribution in [-0.4, -0.2) is 33.9 Å². The summed E-state index contributed by atoms with van der Waals surface area (Å²) in [4.78, 5) is 12.9. The minimum absolute atomic E-state index is 0.00372. The molecule has 0 atom stereocenters. The normalized spacial score (nSPS) is 10.1. The van der Waals surface area contributed by atoms with Gasteiger partial charge in [-0.3, -0.25) is 4.79 Å². The van der Waals surface area contributed by atoms with Gasteiger partial charge in [0.1, 0.15) is 11.5 Å². The molecule has 4 nitrogen and oxygen atoms in total. The van der Waals surface area contributed by atoms with Gasteiger partial charge in [0.25, 0.3) is 0 Å². The molecule has 88 valence electrons. The van der Waals surface area contributed by atoms with Gasteiger partial charge in [0.15, 0.2) is 0 Å². The Balaban J connectivity index is 2.69. The maximum absolute atomic E-state index is 11.4. The van der Waals surface area contributed by atoms with E-state index in [0.717, 1.165) is 0 Å². The zero-order chi connectivity index (χ0) is 12.1. The standard InChI is InChI=1S/C11H14ClNO3/c1-13(11(16)4-5-12)7-8-2-3-9(14)6-10(8)15/h2-3,6,14-15H,4-5,7H2,1H3. The molecule has 0 heterocycles. The fourth-order valence-corrected chi connectivity index (χ4v) is 1.46. The highest BCUT2D eigenvalue weighted by atomic mass is 35.5.